The first-order valence-electron chi connectivity index (χ1n) is 8.73. The molecular weight excluding hydrogens is 318 g/mol. The number of piperazine rings is 1. The summed E-state index contributed by atoms with van der Waals surface area (Å²) in [7, 11) is 0. The van der Waals surface area contributed by atoms with Crippen molar-refractivity contribution in [3.63, 3.8) is 0 Å². The number of hydrogen-bond donors (Lipinski definition) is 1. The highest BCUT2D eigenvalue weighted by Gasteiger charge is 2.22. The first kappa shape index (κ1) is 17.4. The second-order valence-electron chi connectivity index (χ2n) is 6.63. The molecule has 25 heavy (non-hydrogen) atoms. The fourth-order valence-corrected chi connectivity index (χ4v) is 2.88. The summed E-state index contributed by atoms with van der Waals surface area (Å²) in [5, 5.41) is 11.2. The van der Waals surface area contributed by atoms with Gasteiger partial charge in [-0.2, -0.15) is 0 Å². The molecule has 0 atom stereocenters. The van der Waals surface area contributed by atoms with Gasteiger partial charge in [-0.05, 0) is 19.4 Å². The summed E-state index contributed by atoms with van der Waals surface area (Å²) in [6.45, 7) is 7.56. The molecule has 0 saturated carbocycles. The van der Waals surface area contributed by atoms with E-state index in [1.54, 1.807) is 0 Å². The number of anilines is 1. The number of carbonyl (C=O) groups excluding carboxylic acids is 1. The van der Waals surface area contributed by atoms with E-state index in [-0.39, 0.29) is 11.9 Å². The molecule has 1 aromatic carbocycles. The largest absolute Gasteiger partial charge is 0.408 e. The molecule has 7 heteroatoms. The van der Waals surface area contributed by atoms with Crippen LogP contribution >= 0.6 is 0 Å². The van der Waals surface area contributed by atoms with Crippen molar-refractivity contribution >= 4 is 11.9 Å². The van der Waals surface area contributed by atoms with Crippen LogP contribution in [0.5, 0.6) is 0 Å². The van der Waals surface area contributed by atoms with E-state index < -0.39 is 0 Å². The zero-order valence-electron chi connectivity index (χ0n) is 14.8. The highest BCUT2D eigenvalue weighted by molar-refractivity contribution is 5.78. The van der Waals surface area contributed by atoms with Crippen LogP contribution in [0.25, 0.3) is 0 Å². The van der Waals surface area contributed by atoms with Gasteiger partial charge in [0.1, 0.15) is 0 Å². The van der Waals surface area contributed by atoms with Gasteiger partial charge in [-0.1, -0.05) is 35.4 Å². The van der Waals surface area contributed by atoms with Gasteiger partial charge in [0.25, 0.3) is 0 Å². The van der Waals surface area contributed by atoms with Crippen LogP contribution in [0, 0.1) is 0 Å². The first-order chi connectivity index (χ1) is 12.1. The molecule has 1 saturated heterocycles. The van der Waals surface area contributed by atoms with E-state index in [0.717, 1.165) is 31.7 Å². The Morgan fingerprint density at radius 2 is 1.88 bits per heavy atom. The number of nitrogens with zero attached hydrogens (tertiary/aromatic N) is 4. The zero-order valence-corrected chi connectivity index (χ0v) is 14.8. The average molecular weight is 343 g/mol. The molecule has 1 aliphatic rings. The van der Waals surface area contributed by atoms with Gasteiger partial charge in [-0.3, -0.25) is 9.69 Å². The van der Waals surface area contributed by atoms with Crippen LogP contribution in [0.15, 0.2) is 34.7 Å². The third kappa shape index (κ3) is 5.03. The van der Waals surface area contributed by atoms with E-state index in [4.69, 9.17) is 4.42 Å². The first-order valence-corrected chi connectivity index (χ1v) is 8.73. The molecule has 0 unspecified atom stereocenters. The van der Waals surface area contributed by atoms with Crippen molar-refractivity contribution in [2.75, 3.05) is 37.6 Å². The minimum atomic E-state index is 0.0754. The van der Waals surface area contributed by atoms with Crippen molar-refractivity contribution in [2.45, 2.75) is 26.3 Å². The summed E-state index contributed by atoms with van der Waals surface area (Å²) in [6, 6.07) is 10.8. The van der Waals surface area contributed by atoms with Crippen LogP contribution in [0.3, 0.4) is 0 Å². The monoisotopic (exact) mass is 343 g/mol. The molecule has 0 bridgehead atoms. The predicted molar refractivity (Wildman–Crippen MR) is 95.5 cm³/mol. The van der Waals surface area contributed by atoms with Gasteiger partial charge >= 0.3 is 6.01 Å². The lowest BCUT2D eigenvalue weighted by Gasteiger charge is -2.33. The number of nitrogens with one attached hydrogen (secondary N) is 1. The number of aromatic nitrogens is 2. The molecule has 2 heterocycles. The lowest BCUT2D eigenvalue weighted by atomic mass is 10.2. The fourth-order valence-electron chi connectivity index (χ4n) is 2.88. The molecular formula is C18H25N5O2. The summed E-state index contributed by atoms with van der Waals surface area (Å²) >= 11 is 0. The smallest absolute Gasteiger partial charge is 0.318 e. The van der Waals surface area contributed by atoms with Crippen LogP contribution in [-0.4, -0.2) is 59.8 Å². The maximum absolute atomic E-state index is 11.8. The molecule has 0 aliphatic carbocycles. The van der Waals surface area contributed by atoms with E-state index in [2.05, 4.69) is 25.3 Å². The van der Waals surface area contributed by atoms with Crippen LogP contribution in [0.4, 0.5) is 6.01 Å². The minimum absolute atomic E-state index is 0.0754. The lowest BCUT2D eigenvalue weighted by Crippen LogP contribution is -2.50. The third-order valence-corrected chi connectivity index (χ3v) is 4.11. The van der Waals surface area contributed by atoms with Gasteiger partial charge in [-0.15, -0.1) is 5.10 Å². The second kappa shape index (κ2) is 8.11. The van der Waals surface area contributed by atoms with Gasteiger partial charge in [0, 0.05) is 32.2 Å². The number of carbonyl (C=O) groups is 1. The number of amides is 1. The van der Waals surface area contributed by atoms with Crippen molar-refractivity contribution in [3.05, 3.63) is 41.8 Å². The Morgan fingerprint density at radius 1 is 1.16 bits per heavy atom. The standard InChI is InChI=1S/C18H25N5O2/c1-14(2)19-16(24)13-22-8-10-23(11-9-22)18-21-20-17(25-18)12-15-6-4-3-5-7-15/h3-7,14H,8-13H2,1-2H3,(H,19,24). The van der Waals surface area contributed by atoms with E-state index in [0.29, 0.717) is 24.9 Å². The number of hydrogen-bond acceptors (Lipinski definition) is 6. The Morgan fingerprint density at radius 3 is 2.56 bits per heavy atom. The quantitative estimate of drug-likeness (QED) is 0.852. The average Bonchev–Trinajstić information content (AvgIpc) is 3.04. The Hall–Kier alpha value is -2.41. The van der Waals surface area contributed by atoms with Crippen LogP contribution in [0.1, 0.15) is 25.3 Å². The molecule has 3 rings (SSSR count). The second-order valence-corrected chi connectivity index (χ2v) is 6.63. The maximum Gasteiger partial charge on any atom is 0.318 e. The Labute approximate surface area is 148 Å². The summed E-state index contributed by atoms with van der Waals surface area (Å²) in [4.78, 5) is 16.1. The fraction of sp³-hybridized carbons (Fsp3) is 0.500. The molecule has 1 aromatic heterocycles. The van der Waals surface area contributed by atoms with E-state index in [1.807, 2.05) is 44.2 Å². The molecule has 1 fully saturated rings. The van der Waals surface area contributed by atoms with Gasteiger partial charge in [0.2, 0.25) is 11.8 Å². The molecule has 2 aromatic rings. The molecule has 7 nitrogen and oxygen atoms in total. The van der Waals surface area contributed by atoms with Crippen molar-refractivity contribution < 1.29 is 9.21 Å². The van der Waals surface area contributed by atoms with Crippen molar-refractivity contribution in [1.29, 1.82) is 0 Å². The van der Waals surface area contributed by atoms with E-state index in [1.165, 1.54) is 0 Å². The predicted octanol–water partition coefficient (Wildman–Crippen LogP) is 1.31. The van der Waals surface area contributed by atoms with E-state index in [9.17, 15) is 4.79 Å². The minimum Gasteiger partial charge on any atom is -0.408 e. The van der Waals surface area contributed by atoms with Crippen LogP contribution in [-0.2, 0) is 11.2 Å². The van der Waals surface area contributed by atoms with Gasteiger partial charge in [-0.25, -0.2) is 0 Å². The Balaban J connectivity index is 1.49. The summed E-state index contributed by atoms with van der Waals surface area (Å²) in [6.07, 6.45) is 0.642. The normalized spacial score (nSPS) is 15.6. The summed E-state index contributed by atoms with van der Waals surface area (Å²) in [5.41, 5.74) is 1.15. The highest BCUT2D eigenvalue weighted by Crippen LogP contribution is 2.16. The maximum atomic E-state index is 11.8. The molecule has 0 spiro atoms. The number of benzene rings is 1. The zero-order chi connectivity index (χ0) is 17.6. The van der Waals surface area contributed by atoms with Crippen LogP contribution < -0.4 is 10.2 Å². The molecule has 1 aliphatic heterocycles. The van der Waals surface area contributed by atoms with Gasteiger partial charge in [0.15, 0.2) is 0 Å². The Kier molecular flexibility index (Phi) is 5.65. The summed E-state index contributed by atoms with van der Waals surface area (Å²) < 4.78 is 5.80. The topological polar surface area (TPSA) is 74.5 Å². The summed E-state index contributed by atoms with van der Waals surface area (Å²) in [5.74, 6) is 0.700. The SMILES string of the molecule is CC(C)NC(=O)CN1CCN(c2nnc(Cc3ccccc3)o2)CC1. The third-order valence-electron chi connectivity index (χ3n) is 4.11. The molecule has 0 radical (unpaired) electrons. The molecule has 1 amide bonds. The molecule has 134 valence electrons. The van der Waals surface area contributed by atoms with Crippen molar-refractivity contribution in [3.8, 4) is 0 Å². The van der Waals surface area contributed by atoms with E-state index >= 15 is 0 Å². The number of rotatable bonds is 6. The highest BCUT2D eigenvalue weighted by atomic mass is 16.4. The molecule has 1 N–H and O–H groups in total. The van der Waals surface area contributed by atoms with Crippen molar-refractivity contribution in [1.82, 2.24) is 20.4 Å². The lowest BCUT2D eigenvalue weighted by molar-refractivity contribution is -0.122. The van der Waals surface area contributed by atoms with Crippen LogP contribution in [0.2, 0.25) is 0 Å². The van der Waals surface area contributed by atoms with Gasteiger partial charge in [0.05, 0.1) is 13.0 Å². The van der Waals surface area contributed by atoms with Gasteiger partial charge < -0.3 is 14.6 Å². The Bertz CT molecular complexity index is 678. The van der Waals surface area contributed by atoms with Crippen molar-refractivity contribution in [2.24, 2.45) is 0 Å².